The first-order chi connectivity index (χ1) is 11.6. The standard InChI is InChI=1S/C19H22N2O3/c1-14(17-11-10-16(23-2)13-18(17)24-3)20-21-19(22)12-9-15-7-5-4-6-8-15/h4-8,10-11,13H,9,12H2,1-3H3,(H,21,22)/b20-14-. The van der Waals surface area contributed by atoms with E-state index in [2.05, 4.69) is 10.5 Å². The second kappa shape index (κ2) is 8.72. The molecular weight excluding hydrogens is 304 g/mol. The van der Waals surface area contributed by atoms with Gasteiger partial charge in [-0.3, -0.25) is 4.79 Å². The number of carbonyl (C=O) groups excluding carboxylic acids is 1. The van der Waals surface area contributed by atoms with Crippen molar-refractivity contribution in [3.63, 3.8) is 0 Å². The molecule has 0 spiro atoms. The van der Waals surface area contributed by atoms with Crippen LogP contribution in [0.3, 0.4) is 0 Å². The first kappa shape index (κ1) is 17.5. The Hall–Kier alpha value is -2.82. The molecule has 0 atom stereocenters. The number of ether oxygens (including phenoxy) is 2. The third-order valence-corrected chi connectivity index (χ3v) is 3.63. The Bertz CT molecular complexity index is 712. The van der Waals surface area contributed by atoms with Crippen LogP contribution in [0.15, 0.2) is 53.6 Å². The smallest absolute Gasteiger partial charge is 0.240 e. The van der Waals surface area contributed by atoms with E-state index in [1.807, 2.05) is 49.4 Å². The molecule has 2 aromatic carbocycles. The number of nitrogens with one attached hydrogen (secondary N) is 1. The molecule has 0 fully saturated rings. The number of carbonyl (C=O) groups is 1. The molecule has 0 aromatic heterocycles. The fourth-order valence-electron chi connectivity index (χ4n) is 2.26. The molecular formula is C19H22N2O3. The van der Waals surface area contributed by atoms with E-state index in [1.165, 1.54) is 0 Å². The van der Waals surface area contributed by atoms with E-state index >= 15 is 0 Å². The first-order valence-corrected chi connectivity index (χ1v) is 7.73. The molecule has 0 saturated heterocycles. The summed E-state index contributed by atoms with van der Waals surface area (Å²) in [5.74, 6) is 1.23. The van der Waals surface area contributed by atoms with Crippen molar-refractivity contribution in [1.29, 1.82) is 0 Å². The van der Waals surface area contributed by atoms with Gasteiger partial charge in [0, 0.05) is 18.1 Å². The van der Waals surface area contributed by atoms with Gasteiger partial charge >= 0.3 is 0 Å². The van der Waals surface area contributed by atoms with Gasteiger partial charge in [0.15, 0.2) is 0 Å². The molecule has 2 rings (SSSR count). The van der Waals surface area contributed by atoms with Crippen LogP contribution in [0.1, 0.15) is 24.5 Å². The number of hydrazone groups is 1. The normalized spacial score (nSPS) is 11.0. The van der Waals surface area contributed by atoms with E-state index in [-0.39, 0.29) is 5.91 Å². The van der Waals surface area contributed by atoms with Crippen LogP contribution in [-0.2, 0) is 11.2 Å². The van der Waals surface area contributed by atoms with Crippen molar-refractivity contribution in [2.75, 3.05) is 14.2 Å². The lowest BCUT2D eigenvalue weighted by atomic mass is 10.1. The number of methoxy groups -OCH3 is 2. The van der Waals surface area contributed by atoms with Gasteiger partial charge in [-0.05, 0) is 31.0 Å². The van der Waals surface area contributed by atoms with Crippen LogP contribution in [0.4, 0.5) is 0 Å². The zero-order valence-corrected chi connectivity index (χ0v) is 14.2. The summed E-state index contributed by atoms with van der Waals surface area (Å²) in [7, 11) is 3.19. The van der Waals surface area contributed by atoms with Crippen molar-refractivity contribution in [3.05, 3.63) is 59.7 Å². The molecule has 0 radical (unpaired) electrons. The fraction of sp³-hybridized carbons (Fsp3) is 0.263. The maximum atomic E-state index is 11.9. The lowest BCUT2D eigenvalue weighted by molar-refractivity contribution is -0.121. The monoisotopic (exact) mass is 326 g/mol. The first-order valence-electron chi connectivity index (χ1n) is 7.73. The predicted molar refractivity (Wildman–Crippen MR) is 94.7 cm³/mol. The molecule has 5 heteroatoms. The van der Waals surface area contributed by atoms with Crippen LogP contribution >= 0.6 is 0 Å². The topological polar surface area (TPSA) is 59.9 Å². The second-order valence-corrected chi connectivity index (χ2v) is 5.28. The Morgan fingerprint density at radius 1 is 1.08 bits per heavy atom. The minimum atomic E-state index is -0.120. The molecule has 24 heavy (non-hydrogen) atoms. The van der Waals surface area contributed by atoms with Gasteiger partial charge < -0.3 is 9.47 Å². The van der Waals surface area contributed by atoms with Crippen molar-refractivity contribution in [2.45, 2.75) is 19.8 Å². The van der Waals surface area contributed by atoms with Crippen molar-refractivity contribution in [3.8, 4) is 11.5 Å². The van der Waals surface area contributed by atoms with Gasteiger partial charge in [-0.2, -0.15) is 5.10 Å². The molecule has 126 valence electrons. The van der Waals surface area contributed by atoms with Crippen molar-refractivity contribution in [2.24, 2.45) is 5.10 Å². The number of hydrogen-bond acceptors (Lipinski definition) is 4. The third-order valence-electron chi connectivity index (χ3n) is 3.63. The minimum absolute atomic E-state index is 0.120. The van der Waals surface area contributed by atoms with Crippen molar-refractivity contribution >= 4 is 11.6 Å². The lowest BCUT2D eigenvalue weighted by Gasteiger charge is -2.10. The number of amides is 1. The van der Waals surface area contributed by atoms with Gasteiger partial charge in [0.25, 0.3) is 0 Å². The van der Waals surface area contributed by atoms with E-state index in [9.17, 15) is 4.79 Å². The predicted octanol–water partition coefficient (Wildman–Crippen LogP) is 3.18. The largest absolute Gasteiger partial charge is 0.497 e. The van der Waals surface area contributed by atoms with Gasteiger partial charge in [0.2, 0.25) is 5.91 Å². The van der Waals surface area contributed by atoms with Crippen LogP contribution in [0, 0.1) is 0 Å². The zero-order valence-electron chi connectivity index (χ0n) is 14.2. The van der Waals surface area contributed by atoms with Gasteiger partial charge in [-0.15, -0.1) is 0 Å². The average Bonchev–Trinajstić information content (AvgIpc) is 2.64. The lowest BCUT2D eigenvalue weighted by Crippen LogP contribution is -2.19. The van der Waals surface area contributed by atoms with Crippen LogP contribution < -0.4 is 14.9 Å². The fourth-order valence-corrected chi connectivity index (χ4v) is 2.26. The van der Waals surface area contributed by atoms with Crippen LogP contribution in [-0.4, -0.2) is 25.8 Å². The highest BCUT2D eigenvalue weighted by molar-refractivity contribution is 6.01. The summed E-state index contributed by atoms with van der Waals surface area (Å²) in [6.07, 6.45) is 1.08. The van der Waals surface area contributed by atoms with Crippen LogP contribution in [0.25, 0.3) is 0 Å². The highest BCUT2D eigenvalue weighted by Crippen LogP contribution is 2.25. The Kier molecular flexibility index (Phi) is 6.37. The summed E-state index contributed by atoms with van der Waals surface area (Å²) < 4.78 is 10.5. The number of hydrogen-bond donors (Lipinski definition) is 1. The quantitative estimate of drug-likeness (QED) is 0.628. The van der Waals surface area contributed by atoms with E-state index in [0.29, 0.717) is 30.1 Å². The highest BCUT2D eigenvalue weighted by Gasteiger charge is 2.09. The molecule has 5 nitrogen and oxygen atoms in total. The summed E-state index contributed by atoms with van der Waals surface area (Å²) in [6, 6.07) is 15.4. The van der Waals surface area contributed by atoms with E-state index in [4.69, 9.17) is 9.47 Å². The molecule has 0 unspecified atom stereocenters. The van der Waals surface area contributed by atoms with Crippen molar-refractivity contribution < 1.29 is 14.3 Å². The molecule has 0 bridgehead atoms. The maximum absolute atomic E-state index is 11.9. The third kappa shape index (κ3) is 4.84. The Morgan fingerprint density at radius 3 is 2.50 bits per heavy atom. The van der Waals surface area contributed by atoms with Gasteiger partial charge in [-0.1, -0.05) is 30.3 Å². The molecule has 0 heterocycles. The second-order valence-electron chi connectivity index (χ2n) is 5.28. The molecule has 1 amide bonds. The Morgan fingerprint density at radius 2 is 1.83 bits per heavy atom. The van der Waals surface area contributed by atoms with Gasteiger partial charge in [0.05, 0.1) is 19.9 Å². The molecule has 1 N–H and O–H groups in total. The van der Waals surface area contributed by atoms with Crippen LogP contribution in [0.5, 0.6) is 11.5 Å². The number of nitrogens with zero attached hydrogens (tertiary/aromatic N) is 1. The number of benzene rings is 2. The van der Waals surface area contributed by atoms with Gasteiger partial charge in [0.1, 0.15) is 11.5 Å². The Labute approximate surface area is 142 Å². The summed E-state index contributed by atoms with van der Waals surface area (Å²) in [5, 5.41) is 4.17. The zero-order chi connectivity index (χ0) is 17.4. The Balaban J connectivity index is 1.97. The number of aryl methyl sites for hydroxylation is 1. The van der Waals surface area contributed by atoms with Crippen molar-refractivity contribution in [1.82, 2.24) is 5.43 Å². The van der Waals surface area contributed by atoms with E-state index in [1.54, 1.807) is 20.3 Å². The minimum Gasteiger partial charge on any atom is -0.497 e. The molecule has 0 saturated carbocycles. The average molecular weight is 326 g/mol. The summed E-state index contributed by atoms with van der Waals surface area (Å²) >= 11 is 0. The summed E-state index contributed by atoms with van der Waals surface area (Å²) in [6.45, 7) is 1.82. The molecule has 2 aromatic rings. The van der Waals surface area contributed by atoms with E-state index in [0.717, 1.165) is 11.1 Å². The molecule has 0 aliphatic heterocycles. The van der Waals surface area contributed by atoms with Gasteiger partial charge in [-0.25, -0.2) is 5.43 Å². The van der Waals surface area contributed by atoms with Crippen LogP contribution in [0.2, 0.25) is 0 Å². The van der Waals surface area contributed by atoms with E-state index < -0.39 is 0 Å². The molecule has 0 aliphatic rings. The summed E-state index contributed by atoms with van der Waals surface area (Å²) in [4.78, 5) is 11.9. The number of rotatable bonds is 7. The summed E-state index contributed by atoms with van der Waals surface area (Å²) in [5.41, 5.74) is 5.20. The molecule has 0 aliphatic carbocycles. The highest BCUT2D eigenvalue weighted by atomic mass is 16.5. The SMILES string of the molecule is COc1ccc(/C(C)=N\NC(=O)CCc2ccccc2)c(OC)c1. The maximum Gasteiger partial charge on any atom is 0.240 e.